The number of hydrogen-bond donors (Lipinski definition) is 0. The summed E-state index contributed by atoms with van der Waals surface area (Å²) in [5.74, 6) is 0. The SMILES string of the molecule is CCOC1CCN(C[B-](F)(F)F)CC1.[K+]. The molecule has 84 valence electrons. The minimum absolute atomic E-state index is 0. The molecule has 1 fully saturated rings. The summed E-state index contributed by atoms with van der Waals surface area (Å²) in [6.07, 6.45) is 0.885. The van der Waals surface area contributed by atoms with Crippen molar-refractivity contribution in [2.24, 2.45) is 0 Å². The molecule has 1 heterocycles. The number of nitrogens with zero attached hydrogens (tertiary/aromatic N) is 1. The van der Waals surface area contributed by atoms with Gasteiger partial charge < -0.3 is 22.6 Å². The van der Waals surface area contributed by atoms with Crippen LogP contribution < -0.4 is 51.4 Å². The molecule has 0 aromatic heterocycles. The monoisotopic (exact) mass is 249 g/mol. The Kier molecular flexibility index (Phi) is 8.41. The topological polar surface area (TPSA) is 12.5 Å². The third-order valence-corrected chi connectivity index (χ3v) is 2.40. The minimum Gasteiger partial charge on any atom is -0.448 e. The maximum atomic E-state index is 12.1. The molecule has 0 spiro atoms. The van der Waals surface area contributed by atoms with Crippen molar-refractivity contribution in [3.8, 4) is 0 Å². The summed E-state index contributed by atoms with van der Waals surface area (Å²) in [6, 6.07) is 0. The Bertz CT molecular complexity index is 174. The number of ether oxygens (including phenoxy) is 1. The molecule has 1 saturated heterocycles. The molecule has 0 aromatic carbocycles. The largest absolute Gasteiger partial charge is 1.00 e. The van der Waals surface area contributed by atoms with Gasteiger partial charge in [-0.15, -0.1) is 0 Å². The quantitative estimate of drug-likeness (QED) is 0.585. The van der Waals surface area contributed by atoms with Gasteiger partial charge in [-0.2, -0.15) is 0 Å². The molecule has 7 heteroatoms. The summed E-state index contributed by atoms with van der Waals surface area (Å²) in [7, 11) is 0. The maximum absolute atomic E-state index is 12.1. The number of piperidine rings is 1. The van der Waals surface area contributed by atoms with Crippen molar-refractivity contribution in [2.45, 2.75) is 25.9 Å². The van der Waals surface area contributed by atoms with Crippen LogP contribution in [-0.4, -0.2) is 44.1 Å². The molecule has 0 unspecified atom stereocenters. The first-order chi connectivity index (χ1) is 6.51. The van der Waals surface area contributed by atoms with Crippen LogP contribution in [-0.2, 0) is 4.74 Å². The molecule has 0 radical (unpaired) electrons. The summed E-state index contributed by atoms with van der Waals surface area (Å²) in [5, 5.41) is 0. The van der Waals surface area contributed by atoms with Gasteiger partial charge in [-0.3, -0.25) is 0 Å². The second kappa shape index (κ2) is 7.68. The van der Waals surface area contributed by atoms with E-state index in [0.29, 0.717) is 19.7 Å². The van der Waals surface area contributed by atoms with E-state index in [0.717, 1.165) is 12.8 Å². The molecular formula is C8H16BF3KNO. The molecule has 0 aliphatic carbocycles. The third kappa shape index (κ3) is 7.36. The van der Waals surface area contributed by atoms with Gasteiger partial charge in [-0.05, 0) is 39.3 Å². The van der Waals surface area contributed by atoms with Crippen molar-refractivity contribution < 1.29 is 69.1 Å². The zero-order chi connectivity index (χ0) is 10.6. The summed E-state index contributed by atoms with van der Waals surface area (Å²) in [5.41, 5.74) is 0. The fourth-order valence-electron chi connectivity index (χ4n) is 1.79. The Hall–Kier alpha value is 1.41. The van der Waals surface area contributed by atoms with Crippen molar-refractivity contribution >= 4 is 6.98 Å². The van der Waals surface area contributed by atoms with E-state index in [-0.39, 0.29) is 57.5 Å². The van der Waals surface area contributed by atoms with E-state index in [4.69, 9.17) is 4.74 Å². The van der Waals surface area contributed by atoms with Gasteiger partial charge in [0.15, 0.2) is 0 Å². The molecule has 0 bridgehead atoms. The summed E-state index contributed by atoms with van der Waals surface area (Å²) < 4.78 is 41.6. The third-order valence-electron chi connectivity index (χ3n) is 2.40. The van der Waals surface area contributed by atoms with Crippen LogP contribution in [0, 0.1) is 0 Å². The maximum Gasteiger partial charge on any atom is 1.00 e. The molecule has 15 heavy (non-hydrogen) atoms. The Balaban J connectivity index is 0.00000196. The van der Waals surface area contributed by atoms with Crippen molar-refractivity contribution in [3.05, 3.63) is 0 Å². The van der Waals surface area contributed by atoms with E-state index in [9.17, 15) is 12.9 Å². The van der Waals surface area contributed by atoms with E-state index in [1.54, 1.807) is 0 Å². The summed E-state index contributed by atoms with van der Waals surface area (Å²) in [6.45, 7) is -1.10. The first-order valence-electron chi connectivity index (χ1n) is 5.06. The summed E-state index contributed by atoms with van der Waals surface area (Å²) in [4.78, 5) is 1.47. The number of halogens is 3. The fraction of sp³-hybridized carbons (Fsp3) is 1.00. The van der Waals surface area contributed by atoms with Crippen molar-refractivity contribution in [1.82, 2.24) is 4.90 Å². The van der Waals surface area contributed by atoms with Crippen LogP contribution in [0.15, 0.2) is 0 Å². The van der Waals surface area contributed by atoms with Crippen LogP contribution in [0.25, 0.3) is 0 Å². The molecule has 2 nitrogen and oxygen atoms in total. The first-order valence-corrected chi connectivity index (χ1v) is 5.06. The van der Waals surface area contributed by atoms with Crippen LogP contribution >= 0.6 is 0 Å². The number of likely N-dealkylation sites (tertiary alicyclic amines) is 1. The van der Waals surface area contributed by atoms with Gasteiger partial charge in [0.05, 0.1) is 6.10 Å². The standard InChI is InChI=1S/C8H16BF3NO.K/c1-2-14-8-3-5-13(6-4-8)7-9(10,11)12;/h8H,2-7H2,1H3;/q-1;+1. The van der Waals surface area contributed by atoms with Crippen molar-refractivity contribution in [2.75, 3.05) is 26.1 Å². The average Bonchev–Trinajstić information content (AvgIpc) is 2.06. The fourth-order valence-corrected chi connectivity index (χ4v) is 1.79. The van der Waals surface area contributed by atoms with Crippen LogP contribution in [0.2, 0.25) is 0 Å². The smallest absolute Gasteiger partial charge is 0.448 e. The van der Waals surface area contributed by atoms with E-state index >= 15 is 0 Å². The normalized spacial score (nSPS) is 20.0. The van der Waals surface area contributed by atoms with Crippen LogP contribution in [0.1, 0.15) is 19.8 Å². The van der Waals surface area contributed by atoms with Gasteiger partial charge in [0.2, 0.25) is 0 Å². The van der Waals surface area contributed by atoms with E-state index < -0.39 is 13.4 Å². The number of hydrogen-bond acceptors (Lipinski definition) is 2. The molecule has 1 aliphatic rings. The molecule has 0 N–H and O–H groups in total. The minimum atomic E-state index is -4.67. The van der Waals surface area contributed by atoms with Gasteiger partial charge >= 0.3 is 58.4 Å². The average molecular weight is 249 g/mol. The van der Waals surface area contributed by atoms with E-state index in [1.165, 1.54) is 4.90 Å². The van der Waals surface area contributed by atoms with Gasteiger partial charge in [0.1, 0.15) is 0 Å². The Labute approximate surface area is 131 Å². The van der Waals surface area contributed by atoms with Crippen LogP contribution in [0.3, 0.4) is 0 Å². The van der Waals surface area contributed by atoms with Gasteiger partial charge in [0.25, 0.3) is 0 Å². The predicted octanol–water partition coefficient (Wildman–Crippen LogP) is -1.12. The van der Waals surface area contributed by atoms with E-state index in [2.05, 4.69) is 0 Å². The zero-order valence-corrected chi connectivity index (χ0v) is 12.5. The predicted molar refractivity (Wildman–Crippen MR) is 50.2 cm³/mol. The molecule has 0 atom stereocenters. The summed E-state index contributed by atoms with van der Waals surface area (Å²) >= 11 is 0. The van der Waals surface area contributed by atoms with Gasteiger partial charge in [-0.1, -0.05) is 0 Å². The number of rotatable bonds is 4. The molecule has 0 amide bonds. The molecule has 0 saturated carbocycles. The molecule has 1 aliphatic heterocycles. The van der Waals surface area contributed by atoms with Gasteiger partial charge in [0, 0.05) is 6.61 Å². The Morgan fingerprint density at radius 3 is 2.20 bits per heavy atom. The van der Waals surface area contributed by atoms with Crippen molar-refractivity contribution in [1.29, 1.82) is 0 Å². The second-order valence-corrected chi connectivity index (χ2v) is 3.67. The molecule has 1 rings (SSSR count). The Morgan fingerprint density at radius 1 is 1.27 bits per heavy atom. The second-order valence-electron chi connectivity index (χ2n) is 3.67. The van der Waals surface area contributed by atoms with Crippen molar-refractivity contribution in [3.63, 3.8) is 0 Å². The molecular weight excluding hydrogens is 233 g/mol. The van der Waals surface area contributed by atoms with E-state index in [1.807, 2.05) is 6.92 Å². The first kappa shape index (κ1) is 16.4. The molecule has 0 aromatic rings. The van der Waals surface area contributed by atoms with Crippen LogP contribution in [0.4, 0.5) is 12.9 Å². The van der Waals surface area contributed by atoms with Gasteiger partial charge in [-0.25, -0.2) is 0 Å². The zero-order valence-electron chi connectivity index (χ0n) is 9.39. The Morgan fingerprint density at radius 2 is 1.80 bits per heavy atom. The van der Waals surface area contributed by atoms with Crippen LogP contribution in [0.5, 0.6) is 0 Å².